The van der Waals surface area contributed by atoms with Crippen molar-refractivity contribution >= 4 is 0 Å². The average Bonchev–Trinajstić information content (AvgIpc) is 2.85. The molecule has 1 aromatic carbocycles. The van der Waals surface area contributed by atoms with Gasteiger partial charge in [-0.25, -0.2) is 0 Å². The second-order valence-corrected chi connectivity index (χ2v) is 5.20. The molecule has 0 radical (unpaired) electrons. The molecule has 0 fully saturated rings. The molecule has 1 N–H and O–H groups in total. The Balaban J connectivity index is 2.04. The lowest BCUT2D eigenvalue weighted by Crippen LogP contribution is -2.37. The van der Waals surface area contributed by atoms with E-state index in [0.717, 1.165) is 32.5 Å². The van der Waals surface area contributed by atoms with Gasteiger partial charge in [-0.15, -0.1) is 0 Å². The normalized spacial score (nSPS) is 17.2. The fraction of sp³-hybridized carbons (Fsp3) is 0.500. The topological polar surface area (TPSA) is 21.3 Å². The van der Waals surface area contributed by atoms with Crippen molar-refractivity contribution in [2.24, 2.45) is 0 Å². The van der Waals surface area contributed by atoms with Gasteiger partial charge in [-0.1, -0.05) is 42.0 Å². The Hall–Kier alpha value is -1.12. The smallest absolute Gasteiger partial charge is 0.0587 e. The number of ether oxygens (including phenoxy) is 1. The van der Waals surface area contributed by atoms with E-state index in [9.17, 15) is 0 Å². The highest BCUT2D eigenvalue weighted by Gasteiger charge is 2.32. The molecule has 2 nitrogen and oxygen atoms in total. The third kappa shape index (κ3) is 3.01. The van der Waals surface area contributed by atoms with E-state index >= 15 is 0 Å². The summed E-state index contributed by atoms with van der Waals surface area (Å²) in [6, 6.07) is 8.98. The average molecular weight is 245 g/mol. The molecule has 1 aromatic rings. The minimum absolute atomic E-state index is 0.251. The molecule has 18 heavy (non-hydrogen) atoms. The molecule has 1 aliphatic rings. The molecule has 0 amide bonds. The van der Waals surface area contributed by atoms with Crippen molar-refractivity contribution in [3.63, 3.8) is 0 Å². The molecular weight excluding hydrogens is 222 g/mol. The van der Waals surface area contributed by atoms with Crippen molar-refractivity contribution in [2.75, 3.05) is 26.8 Å². The van der Waals surface area contributed by atoms with Gasteiger partial charge in [0, 0.05) is 25.6 Å². The summed E-state index contributed by atoms with van der Waals surface area (Å²) in [6.45, 7) is 4.86. The zero-order valence-corrected chi connectivity index (χ0v) is 11.4. The lowest BCUT2D eigenvalue weighted by atomic mass is 9.78. The van der Waals surface area contributed by atoms with Gasteiger partial charge in [-0.3, -0.25) is 0 Å². The van der Waals surface area contributed by atoms with Crippen LogP contribution >= 0.6 is 0 Å². The SMILES string of the molecule is COCCNCC1(c2ccc(C)cc2)CC=CC1. The number of hydrogen-bond acceptors (Lipinski definition) is 2. The lowest BCUT2D eigenvalue weighted by molar-refractivity contribution is 0.196. The van der Waals surface area contributed by atoms with E-state index in [-0.39, 0.29) is 5.41 Å². The van der Waals surface area contributed by atoms with Crippen LogP contribution in [-0.4, -0.2) is 26.8 Å². The maximum atomic E-state index is 5.08. The molecule has 0 atom stereocenters. The molecule has 0 unspecified atom stereocenters. The number of hydrogen-bond donors (Lipinski definition) is 1. The molecule has 0 spiro atoms. The van der Waals surface area contributed by atoms with E-state index in [2.05, 4.69) is 48.7 Å². The van der Waals surface area contributed by atoms with Gasteiger partial charge in [0.2, 0.25) is 0 Å². The number of nitrogens with one attached hydrogen (secondary N) is 1. The first-order chi connectivity index (χ1) is 8.77. The van der Waals surface area contributed by atoms with E-state index in [4.69, 9.17) is 4.74 Å². The number of methoxy groups -OCH3 is 1. The highest BCUT2D eigenvalue weighted by atomic mass is 16.5. The molecule has 0 saturated heterocycles. The lowest BCUT2D eigenvalue weighted by Gasteiger charge is -2.30. The first-order valence-corrected chi connectivity index (χ1v) is 6.69. The van der Waals surface area contributed by atoms with Crippen LogP contribution in [0.25, 0.3) is 0 Å². The number of allylic oxidation sites excluding steroid dienone is 2. The number of rotatable bonds is 6. The summed E-state index contributed by atoms with van der Waals surface area (Å²) in [5.74, 6) is 0. The maximum absolute atomic E-state index is 5.08. The first-order valence-electron chi connectivity index (χ1n) is 6.69. The molecule has 1 aliphatic carbocycles. The fourth-order valence-corrected chi connectivity index (χ4v) is 2.59. The molecule has 0 saturated carbocycles. The van der Waals surface area contributed by atoms with E-state index in [1.54, 1.807) is 7.11 Å². The molecular formula is C16H23NO. The van der Waals surface area contributed by atoms with E-state index in [1.165, 1.54) is 11.1 Å². The summed E-state index contributed by atoms with van der Waals surface area (Å²) >= 11 is 0. The molecule has 0 aliphatic heterocycles. The van der Waals surface area contributed by atoms with Gasteiger partial charge in [0.05, 0.1) is 6.61 Å². The quantitative estimate of drug-likeness (QED) is 0.614. The molecule has 2 heteroatoms. The van der Waals surface area contributed by atoms with Gasteiger partial charge in [0.1, 0.15) is 0 Å². The molecule has 0 heterocycles. The standard InChI is InChI=1S/C16H23NO/c1-14-5-7-15(8-6-14)16(9-3-4-10-16)13-17-11-12-18-2/h3-8,17H,9-13H2,1-2H3. The Morgan fingerprint density at radius 2 is 1.83 bits per heavy atom. The predicted molar refractivity (Wildman–Crippen MR) is 76.0 cm³/mol. The van der Waals surface area contributed by atoms with Crippen LogP contribution in [0.2, 0.25) is 0 Å². The molecule has 0 bridgehead atoms. The van der Waals surface area contributed by atoms with Crippen LogP contribution < -0.4 is 5.32 Å². The minimum atomic E-state index is 0.251. The van der Waals surface area contributed by atoms with Crippen LogP contribution in [-0.2, 0) is 10.2 Å². The minimum Gasteiger partial charge on any atom is -0.383 e. The zero-order valence-electron chi connectivity index (χ0n) is 11.4. The van der Waals surface area contributed by atoms with E-state index in [0.29, 0.717) is 0 Å². The van der Waals surface area contributed by atoms with Crippen molar-refractivity contribution in [1.29, 1.82) is 0 Å². The van der Waals surface area contributed by atoms with Crippen molar-refractivity contribution in [3.05, 3.63) is 47.5 Å². The summed E-state index contributed by atoms with van der Waals surface area (Å²) in [4.78, 5) is 0. The Bertz CT molecular complexity index is 386. The second kappa shape index (κ2) is 6.17. The predicted octanol–water partition coefficient (Wildman–Crippen LogP) is 2.82. The molecule has 0 aromatic heterocycles. The number of benzene rings is 1. The van der Waals surface area contributed by atoms with Gasteiger partial charge in [0.25, 0.3) is 0 Å². The van der Waals surface area contributed by atoms with Crippen LogP contribution in [0.15, 0.2) is 36.4 Å². The van der Waals surface area contributed by atoms with Crippen LogP contribution in [0.4, 0.5) is 0 Å². The van der Waals surface area contributed by atoms with Gasteiger partial charge in [0.15, 0.2) is 0 Å². The van der Waals surface area contributed by atoms with Crippen molar-refractivity contribution < 1.29 is 4.74 Å². The van der Waals surface area contributed by atoms with E-state index in [1.807, 2.05) is 0 Å². The maximum Gasteiger partial charge on any atom is 0.0587 e. The summed E-state index contributed by atoms with van der Waals surface area (Å²) < 4.78 is 5.08. The Morgan fingerprint density at radius 3 is 2.44 bits per heavy atom. The van der Waals surface area contributed by atoms with Crippen LogP contribution in [0.3, 0.4) is 0 Å². The van der Waals surface area contributed by atoms with Gasteiger partial charge < -0.3 is 10.1 Å². The van der Waals surface area contributed by atoms with Gasteiger partial charge in [-0.2, -0.15) is 0 Å². The van der Waals surface area contributed by atoms with Crippen LogP contribution in [0.1, 0.15) is 24.0 Å². The summed E-state index contributed by atoms with van der Waals surface area (Å²) in [5.41, 5.74) is 3.02. The van der Waals surface area contributed by atoms with Crippen LogP contribution in [0.5, 0.6) is 0 Å². The van der Waals surface area contributed by atoms with E-state index < -0.39 is 0 Å². The fourth-order valence-electron chi connectivity index (χ4n) is 2.59. The number of aryl methyl sites for hydroxylation is 1. The Labute approximate surface area is 110 Å². The highest BCUT2D eigenvalue weighted by Crippen LogP contribution is 2.36. The first kappa shape index (κ1) is 13.3. The third-order valence-corrected chi connectivity index (χ3v) is 3.79. The highest BCUT2D eigenvalue weighted by molar-refractivity contribution is 5.33. The monoisotopic (exact) mass is 245 g/mol. The zero-order chi connectivity index (χ0) is 12.8. The Morgan fingerprint density at radius 1 is 1.17 bits per heavy atom. The molecule has 98 valence electrons. The van der Waals surface area contributed by atoms with Crippen LogP contribution in [0, 0.1) is 6.92 Å². The van der Waals surface area contributed by atoms with Gasteiger partial charge in [-0.05, 0) is 25.3 Å². The summed E-state index contributed by atoms with van der Waals surface area (Å²) in [7, 11) is 1.74. The molecule has 2 rings (SSSR count). The third-order valence-electron chi connectivity index (χ3n) is 3.79. The largest absolute Gasteiger partial charge is 0.383 e. The second-order valence-electron chi connectivity index (χ2n) is 5.20. The Kier molecular flexibility index (Phi) is 4.56. The summed E-state index contributed by atoms with van der Waals surface area (Å²) in [6.07, 6.45) is 6.88. The van der Waals surface area contributed by atoms with Crippen molar-refractivity contribution in [1.82, 2.24) is 5.32 Å². The summed E-state index contributed by atoms with van der Waals surface area (Å²) in [5, 5.41) is 3.52. The van der Waals surface area contributed by atoms with Crippen molar-refractivity contribution in [3.8, 4) is 0 Å². The van der Waals surface area contributed by atoms with Gasteiger partial charge >= 0.3 is 0 Å². The van der Waals surface area contributed by atoms with Crippen molar-refractivity contribution in [2.45, 2.75) is 25.2 Å².